The van der Waals surface area contributed by atoms with E-state index in [0.717, 1.165) is 27.5 Å². The number of thioether (sulfide) groups is 1. The van der Waals surface area contributed by atoms with Crippen LogP contribution in [-0.2, 0) is 16.1 Å². The topological polar surface area (TPSA) is 86.4 Å². The molecule has 2 heterocycles. The van der Waals surface area contributed by atoms with Crippen molar-refractivity contribution >= 4 is 45.4 Å². The third-order valence-corrected chi connectivity index (χ3v) is 5.86. The van der Waals surface area contributed by atoms with E-state index in [1.54, 1.807) is 20.8 Å². The maximum absolute atomic E-state index is 13.2. The molecule has 1 N–H and O–H groups in total. The Kier molecular flexibility index (Phi) is 6.21. The molecule has 0 saturated carbocycles. The molecule has 1 atom stereocenters. The van der Waals surface area contributed by atoms with Gasteiger partial charge in [-0.2, -0.15) is 0 Å². The average molecular weight is 466 g/mol. The quantitative estimate of drug-likeness (QED) is 0.232. The van der Waals surface area contributed by atoms with Crippen LogP contribution in [0.25, 0.3) is 21.9 Å². The number of para-hydroxylation sites is 1. The Morgan fingerprint density at radius 2 is 1.91 bits per heavy atom. The Bertz CT molecular complexity index is 1380. The first-order valence-electron chi connectivity index (χ1n) is 10.7. The van der Waals surface area contributed by atoms with Crippen LogP contribution in [0.15, 0.2) is 63.0 Å². The third kappa shape index (κ3) is 4.90. The second-order valence-electron chi connectivity index (χ2n) is 8.86. The molecule has 0 aliphatic heterocycles. The number of fused-ring (bicyclic) bond motifs is 3. The summed E-state index contributed by atoms with van der Waals surface area (Å²) in [6, 6.07) is 13.7. The van der Waals surface area contributed by atoms with Crippen LogP contribution in [0.1, 0.15) is 39.3 Å². The monoisotopic (exact) mass is 465 g/mol. The lowest BCUT2D eigenvalue weighted by molar-refractivity contribution is -0.155. The van der Waals surface area contributed by atoms with E-state index in [2.05, 4.69) is 16.4 Å². The number of furan rings is 1. The van der Waals surface area contributed by atoms with E-state index in [4.69, 9.17) is 9.15 Å². The second kappa shape index (κ2) is 8.94. The van der Waals surface area contributed by atoms with E-state index in [1.807, 2.05) is 49.6 Å². The number of carbonyl (C=O) groups excluding carboxylic acids is 1. The Labute approximate surface area is 196 Å². The number of esters is 1. The minimum atomic E-state index is -0.631. The number of anilines is 1. The molecule has 0 aliphatic carbocycles. The highest BCUT2D eigenvalue weighted by atomic mass is 32.2. The van der Waals surface area contributed by atoms with Gasteiger partial charge in [-0.1, -0.05) is 36.0 Å². The first-order chi connectivity index (χ1) is 15.7. The van der Waals surface area contributed by atoms with E-state index in [-0.39, 0.29) is 18.1 Å². The number of ether oxygens (including phenoxy) is 1. The maximum Gasteiger partial charge on any atom is 0.326 e. The predicted molar refractivity (Wildman–Crippen MR) is 132 cm³/mol. The number of carbonyl (C=O) groups is 1. The summed E-state index contributed by atoms with van der Waals surface area (Å²) in [6.45, 7) is 7.16. The summed E-state index contributed by atoms with van der Waals surface area (Å²) in [7, 11) is 0. The normalized spacial score (nSPS) is 12.8. The Morgan fingerprint density at radius 1 is 1.18 bits per heavy atom. The van der Waals surface area contributed by atoms with E-state index < -0.39 is 11.6 Å². The van der Waals surface area contributed by atoms with Gasteiger partial charge in [0, 0.05) is 16.8 Å². The molecule has 0 amide bonds. The van der Waals surface area contributed by atoms with Crippen LogP contribution in [0.3, 0.4) is 0 Å². The van der Waals surface area contributed by atoms with Crippen LogP contribution in [0.5, 0.6) is 0 Å². The number of hydrogen-bond donors (Lipinski definition) is 1. The van der Waals surface area contributed by atoms with Crippen molar-refractivity contribution in [1.29, 1.82) is 0 Å². The van der Waals surface area contributed by atoms with Crippen LogP contribution in [0.4, 0.5) is 5.69 Å². The summed E-state index contributed by atoms with van der Waals surface area (Å²) in [4.78, 5) is 29.9. The number of aromatic nitrogens is 2. The van der Waals surface area contributed by atoms with Crippen molar-refractivity contribution in [3.63, 3.8) is 0 Å². The number of rotatable bonds is 6. The van der Waals surface area contributed by atoms with Crippen molar-refractivity contribution in [3.8, 4) is 0 Å². The maximum atomic E-state index is 13.2. The molecule has 4 rings (SSSR count). The summed E-state index contributed by atoms with van der Waals surface area (Å²) in [5, 5.41) is 5.78. The van der Waals surface area contributed by atoms with Crippen molar-refractivity contribution in [2.24, 2.45) is 0 Å². The summed E-state index contributed by atoms with van der Waals surface area (Å²) in [5.74, 6) is -0.482. The highest BCUT2D eigenvalue weighted by Crippen LogP contribution is 2.31. The lowest BCUT2D eigenvalue weighted by atomic mass is 10.0. The zero-order valence-electron chi connectivity index (χ0n) is 19.3. The van der Waals surface area contributed by atoms with E-state index in [1.165, 1.54) is 22.5 Å². The van der Waals surface area contributed by atoms with Crippen LogP contribution in [0, 0.1) is 0 Å². The molecule has 0 spiro atoms. The van der Waals surface area contributed by atoms with Gasteiger partial charge in [-0.05, 0) is 57.7 Å². The lowest BCUT2D eigenvalue weighted by Crippen LogP contribution is -2.33. The fourth-order valence-electron chi connectivity index (χ4n) is 3.71. The minimum absolute atomic E-state index is 0.173. The molecule has 4 aromatic rings. The average Bonchev–Trinajstić information content (AvgIpc) is 3.13. The zero-order valence-corrected chi connectivity index (χ0v) is 20.2. The van der Waals surface area contributed by atoms with Crippen LogP contribution < -0.4 is 10.9 Å². The van der Waals surface area contributed by atoms with E-state index in [0.29, 0.717) is 10.8 Å². The minimum Gasteiger partial charge on any atom is -0.459 e. The number of nitrogens with zero attached hydrogens (tertiary/aromatic N) is 2. The fraction of sp³-hybridized carbons (Fsp3) is 0.320. The molecule has 33 heavy (non-hydrogen) atoms. The molecular formula is C25H27N3O4S. The first-order valence-corrected chi connectivity index (χ1v) is 11.9. The van der Waals surface area contributed by atoms with Crippen molar-refractivity contribution < 1.29 is 13.9 Å². The van der Waals surface area contributed by atoms with Crippen molar-refractivity contribution in [2.45, 2.75) is 51.0 Å². The summed E-state index contributed by atoms with van der Waals surface area (Å²) in [5.41, 5.74) is 2.03. The molecule has 8 heteroatoms. The first kappa shape index (κ1) is 22.9. The number of benzene rings is 2. The van der Waals surface area contributed by atoms with Gasteiger partial charge in [-0.15, -0.1) is 0 Å². The predicted octanol–water partition coefficient (Wildman–Crippen LogP) is 5.38. The van der Waals surface area contributed by atoms with Crippen molar-refractivity contribution in [2.75, 3.05) is 11.6 Å². The summed E-state index contributed by atoms with van der Waals surface area (Å²) >= 11 is 1.30. The molecule has 7 nitrogen and oxygen atoms in total. The van der Waals surface area contributed by atoms with Gasteiger partial charge in [-0.3, -0.25) is 14.2 Å². The van der Waals surface area contributed by atoms with Crippen LogP contribution >= 0.6 is 11.8 Å². The van der Waals surface area contributed by atoms with Gasteiger partial charge in [0.05, 0.1) is 6.20 Å². The van der Waals surface area contributed by atoms with Crippen LogP contribution in [-0.4, -0.2) is 27.4 Å². The summed E-state index contributed by atoms with van der Waals surface area (Å²) in [6.07, 6.45) is 3.33. The lowest BCUT2D eigenvalue weighted by Gasteiger charge is -2.21. The number of hydrogen-bond acceptors (Lipinski definition) is 7. The Hall–Kier alpha value is -3.26. The standard InChI is InChI=1S/C25H27N3O4S/c1-15(16-10-11-21-18(12-16)17-8-6-7-9-20(17)31-21)27-19-13-26-24(33-5)28(23(19)30)14-22(29)32-25(2,3)4/h6-13,15,27H,14H2,1-5H3/t15-/m1/s1. The Morgan fingerprint density at radius 3 is 2.64 bits per heavy atom. The second-order valence-corrected chi connectivity index (χ2v) is 9.63. The molecule has 2 aromatic carbocycles. The fourth-order valence-corrected chi connectivity index (χ4v) is 4.24. The van der Waals surface area contributed by atoms with Crippen molar-refractivity contribution in [1.82, 2.24) is 9.55 Å². The van der Waals surface area contributed by atoms with Gasteiger partial charge in [0.2, 0.25) is 0 Å². The Balaban J connectivity index is 1.62. The van der Waals surface area contributed by atoms with Crippen molar-refractivity contribution in [3.05, 3.63) is 64.6 Å². The van der Waals surface area contributed by atoms with Gasteiger partial charge >= 0.3 is 5.97 Å². The van der Waals surface area contributed by atoms with Gasteiger partial charge in [-0.25, -0.2) is 4.98 Å². The van der Waals surface area contributed by atoms with E-state index in [9.17, 15) is 9.59 Å². The molecule has 0 aliphatic rings. The highest BCUT2D eigenvalue weighted by molar-refractivity contribution is 7.98. The van der Waals surface area contributed by atoms with E-state index >= 15 is 0 Å². The molecule has 0 radical (unpaired) electrons. The van der Waals surface area contributed by atoms with Gasteiger partial charge < -0.3 is 14.5 Å². The molecular weight excluding hydrogens is 438 g/mol. The van der Waals surface area contributed by atoms with Crippen LogP contribution in [0.2, 0.25) is 0 Å². The smallest absolute Gasteiger partial charge is 0.326 e. The van der Waals surface area contributed by atoms with Gasteiger partial charge in [0.25, 0.3) is 5.56 Å². The molecule has 172 valence electrons. The highest BCUT2D eigenvalue weighted by Gasteiger charge is 2.20. The molecule has 0 unspecified atom stereocenters. The number of nitrogens with one attached hydrogen (secondary N) is 1. The summed E-state index contributed by atoms with van der Waals surface area (Å²) < 4.78 is 12.6. The van der Waals surface area contributed by atoms with Gasteiger partial charge in [0.1, 0.15) is 29.0 Å². The SMILES string of the molecule is CSc1ncc(N[C@H](C)c2ccc3oc4ccccc4c3c2)c(=O)n1CC(=O)OC(C)(C)C. The molecule has 0 fully saturated rings. The third-order valence-electron chi connectivity index (χ3n) is 5.17. The largest absolute Gasteiger partial charge is 0.459 e. The molecule has 2 aromatic heterocycles. The van der Waals surface area contributed by atoms with Gasteiger partial charge in [0.15, 0.2) is 5.16 Å². The molecule has 0 saturated heterocycles. The zero-order chi connectivity index (χ0) is 23.8. The molecule has 0 bridgehead atoms.